The van der Waals surface area contributed by atoms with Crippen LogP contribution in [0.2, 0.25) is 0 Å². The molecule has 1 saturated carbocycles. The summed E-state index contributed by atoms with van der Waals surface area (Å²) in [7, 11) is -3.24. The Morgan fingerprint density at radius 1 is 1.19 bits per heavy atom. The van der Waals surface area contributed by atoms with E-state index in [0.717, 1.165) is 28.1 Å². The maximum atomic E-state index is 12.7. The lowest BCUT2D eigenvalue weighted by Gasteiger charge is -2.20. The van der Waals surface area contributed by atoms with E-state index >= 15 is 0 Å². The number of pyridine rings is 1. The molecular weight excluding hydrogens is 366 g/mol. The van der Waals surface area contributed by atoms with Crippen LogP contribution in [0.15, 0.2) is 27.2 Å². The zero-order valence-electron chi connectivity index (χ0n) is 15.5. The first kappa shape index (κ1) is 19.4. The fourth-order valence-corrected chi connectivity index (χ4v) is 6.67. The molecule has 0 atom stereocenters. The van der Waals surface area contributed by atoms with Crippen molar-refractivity contribution in [3.8, 4) is 10.4 Å². The Hall–Kier alpha value is -1.40. The van der Waals surface area contributed by atoms with Gasteiger partial charge in [0.1, 0.15) is 4.21 Å². The van der Waals surface area contributed by atoms with Gasteiger partial charge in [0.2, 0.25) is 0 Å². The van der Waals surface area contributed by atoms with Gasteiger partial charge in [-0.2, -0.15) is 0 Å². The van der Waals surface area contributed by atoms with Gasteiger partial charge in [0, 0.05) is 21.7 Å². The summed E-state index contributed by atoms with van der Waals surface area (Å²) in [4.78, 5) is 15.7. The van der Waals surface area contributed by atoms with Gasteiger partial charge in [0.15, 0.2) is 9.84 Å². The van der Waals surface area contributed by atoms with E-state index in [1.807, 2.05) is 26.0 Å². The van der Waals surface area contributed by atoms with Crippen molar-refractivity contribution in [3.05, 3.63) is 39.8 Å². The Bertz CT molecular complexity index is 919. The number of aryl methyl sites for hydroxylation is 2. The molecule has 0 spiro atoms. The highest BCUT2D eigenvalue weighted by molar-refractivity contribution is 7.93. The van der Waals surface area contributed by atoms with Gasteiger partial charge in [0.05, 0.1) is 5.75 Å². The number of aromatic nitrogens is 1. The third-order valence-corrected chi connectivity index (χ3v) is 8.82. The highest BCUT2D eigenvalue weighted by atomic mass is 32.2. The van der Waals surface area contributed by atoms with E-state index in [0.29, 0.717) is 16.5 Å². The van der Waals surface area contributed by atoms with Crippen LogP contribution >= 0.6 is 11.3 Å². The minimum absolute atomic E-state index is 0.0642. The van der Waals surface area contributed by atoms with Crippen LogP contribution in [0.4, 0.5) is 0 Å². The van der Waals surface area contributed by atoms with E-state index in [1.54, 1.807) is 6.07 Å². The molecule has 0 unspecified atom stereocenters. The second kappa shape index (κ2) is 8.09. The van der Waals surface area contributed by atoms with Gasteiger partial charge in [-0.1, -0.05) is 39.0 Å². The van der Waals surface area contributed by atoms with Gasteiger partial charge in [-0.15, -0.1) is 11.3 Å². The summed E-state index contributed by atoms with van der Waals surface area (Å²) in [6.07, 6.45) is 7.52. The molecular formula is C20H27NO3S2. The molecule has 0 amide bonds. The van der Waals surface area contributed by atoms with Crippen molar-refractivity contribution in [2.24, 2.45) is 5.92 Å². The number of sulfone groups is 1. The Balaban J connectivity index is 1.79. The minimum atomic E-state index is -3.24. The summed E-state index contributed by atoms with van der Waals surface area (Å²) in [5.74, 6) is 0.800. The van der Waals surface area contributed by atoms with E-state index in [9.17, 15) is 13.2 Å². The van der Waals surface area contributed by atoms with Crippen molar-refractivity contribution in [2.75, 3.05) is 5.75 Å². The molecule has 0 bridgehead atoms. The molecule has 3 rings (SSSR count). The van der Waals surface area contributed by atoms with E-state index in [1.165, 1.54) is 43.4 Å². The predicted molar refractivity (Wildman–Crippen MR) is 108 cm³/mol. The predicted octanol–water partition coefficient (Wildman–Crippen LogP) is 4.72. The first-order chi connectivity index (χ1) is 12.4. The summed E-state index contributed by atoms with van der Waals surface area (Å²) in [6.45, 7) is 3.80. The quantitative estimate of drug-likeness (QED) is 0.772. The normalized spacial score (nSPS) is 16.1. The van der Waals surface area contributed by atoms with Crippen LogP contribution < -0.4 is 5.56 Å². The Labute approximate surface area is 159 Å². The van der Waals surface area contributed by atoms with Crippen LogP contribution in [-0.4, -0.2) is 19.2 Å². The lowest BCUT2D eigenvalue weighted by molar-refractivity contribution is 0.350. The SMILES string of the molecule is CCc1cc(-c2ccc(S(=O)(=O)CCC3CCCCC3)s2)c(C)[nH]c1=O. The van der Waals surface area contributed by atoms with E-state index < -0.39 is 9.84 Å². The van der Waals surface area contributed by atoms with E-state index in [2.05, 4.69) is 4.98 Å². The number of nitrogens with one attached hydrogen (secondary N) is 1. The molecule has 0 aliphatic heterocycles. The molecule has 2 heterocycles. The van der Waals surface area contributed by atoms with Crippen LogP contribution in [0, 0.1) is 12.8 Å². The topological polar surface area (TPSA) is 67.0 Å². The molecule has 1 aliphatic carbocycles. The largest absolute Gasteiger partial charge is 0.326 e. The first-order valence-electron chi connectivity index (χ1n) is 9.46. The smallest absolute Gasteiger partial charge is 0.251 e. The van der Waals surface area contributed by atoms with Crippen molar-refractivity contribution in [3.63, 3.8) is 0 Å². The van der Waals surface area contributed by atoms with Gasteiger partial charge >= 0.3 is 0 Å². The molecule has 1 N–H and O–H groups in total. The second-order valence-corrected chi connectivity index (χ2v) is 10.7. The van der Waals surface area contributed by atoms with Crippen LogP contribution in [-0.2, 0) is 16.3 Å². The Morgan fingerprint density at radius 2 is 1.92 bits per heavy atom. The van der Waals surface area contributed by atoms with E-state index in [-0.39, 0.29) is 11.3 Å². The maximum Gasteiger partial charge on any atom is 0.251 e. The molecule has 1 fully saturated rings. The molecule has 26 heavy (non-hydrogen) atoms. The van der Waals surface area contributed by atoms with Gasteiger partial charge in [-0.25, -0.2) is 8.42 Å². The fourth-order valence-electron chi connectivity index (χ4n) is 3.71. The zero-order chi connectivity index (χ0) is 18.7. The lowest BCUT2D eigenvalue weighted by atomic mass is 9.88. The number of H-pyrrole nitrogens is 1. The monoisotopic (exact) mass is 393 g/mol. The molecule has 2 aromatic heterocycles. The highest BCUT2D eigenvalue weighted by Gasteiger charge is 2.22. The number of aromatic amines is 1. The average molecular weight is 394 g/mol. The Kier molecular flexibility index (Phi) is 6.03. The standard InChI is InChI=1S/C20H27NO3S2/c1-3-16-13-17(14(2)21-20(16)22)18-9-10-19(25-18)26(23,24)12-11-15-7-5-4-6-8-15/h9-10,13,15H,3-8,11-12H2,1-2H3,(H,21,22). The highest BCUT2D eigenvalue weighted by Crippen LogP contribution is 2.34. The molecule has 2 aromatic rings. The molecule has 0 saturated heterocycles. The molecule has 4 nitrogen and oxygen atoms in total. The van der Waals surface area contributed by atoms with Crippen LogP contribution in [0.1, 0.15) is 56.7 Å². The number of hydrogen-bond donors (Lipinski definition) is 1. The third-order valence-electron chi connectivity index (χ3n) is 5.37. The summed E-state index contributed by atoms with van der Waals surface area (Å²) >= 11 is 1.31. The van der Waals surface area contributed by atoms with Gasteiger partial charge in [-0.3, -0.25) is 4.79 Å². The minimum Gasteiger partial charge on any atom is -0.326 e. The summed E-state index contributed by atoms with van der Waals surface area (Å²) < 4.78 is 25.9. The van der Waals surface area contributed by atoms with Crippen molar-refractivity contribution >= 4 is 21.2 Å². The van der Waals surface area contributed by atoms with Crippen molar-refractivity contribution in [1.29, 1.82) is 0 Å². The molecule has 0 aromatic carbocycles. The summed E-state index contributed by atoms with van der Waals surface area (Å²) in [5, 5.41) is 0. The van der Waals surface area contributed by atoms with Crippen LogP contribution in [0.5, 0.6) is 0 Å². The summed E-state index contributed by atoms with van der Waals surface area (Å²) in [6, 6.07) is 5.46. The zero-order valence-corrected chi connectivity index (χ0v) is 17.1. The number of hydrogen-bond acceptors (Lipinski definition) is 4. The molecule has 6 heteroatoms. The van der Waals surface area contributed by atoms with Crippen LogP contribution in [0.3, 0.4) is 0 Å². The van der Waals surface area contributed by atoms with Crippen molar-refractivity contribution in [2.45, 2.75) is 63.0 Å². The Morgan fingerprint density at radius 3 is 2.62 bits per heavy atom. The average Bonchev–Trinajstić information content (AvgIpc) is 3.12. The molecule has 0 radical (unpaired) electrons. The van der Waals surface area contributed by atoms with Gasteiger partial charge < -0.3 is 4.98 Å². The number of thiophene rings is 1. The fraction of sp³-hybridized carbons (Fsp3) is 0.550. The first-order valence-corrected chi connectivity index (χ1v) is 11.9. The summed E-state index contributed by atoms with van der Waals surface area (Å²) in [5.41, 5.74) is 2.35. The van der Waals surface area contributed by atoms with Crippen LogP contribution in [0.25, 0.3) is 10.4 Å². The lowest BCUT2D eigenvalue weighted by Crippen LogP contribution is -2.13. The van der Waals surface area contributed by atoms with Crippen molar-refractivity contribution in [1.82, 2.24) is 4.98 Å². The van der Waals surface area contributed by atoms with Gasteiger partial charge in [0.25, 0.3) is 5.56 Å². The van der Waals surface area contributed by atoms with E-state index in [4.69, 9.17) is 0 Å². The maximum absolute atomic E-state index is 12.7. The van der Waals surface area contributed by atoms with Gasteiger partial charge in [-0.05, 0) is 43.9 Å². The number of rotatable bonds is 6. The second-order valence-electron chi connectivity index (χ2n) is 7.25. The molecule has 142 valence electrons. The third kappa shape index (κ3) is 4.29. The molecule has 1 aliphatic rings. The van der Waals surface area contributed by atoms with Crippen molar-refractivity contribution < 1.29 is 8.42 Å².